The van der Waals surface area contributed by atoms with Gasteiger partial charge in [0, 0.05) is 41.5 Å². The molecule has 2 aliphatic heterocycles. The zero-order valence-electron chi connectivity index (χ0n) is 24.2. The molecule has 0 aliphatic carbocycles. The summed E-state index contributed by atoms with van der Waals surface area (Å²) < 4.78 is 48.6. The summed E-state index contributed by atoms with van der Waals surface area (Å²) in [6, 6.07) is 0. The molecule has 18 heteroatoms. The minimum absolute atomic E-state index is 0.612. The molecule has 3 N–H and O–H groups in total. The highest BCUT2D eigenvalue weighted by Crippen LogP contribution is 2.35. The average Bonchev–Trinajstić information content (AvgIpc) is 2.87. The van der Waals surface area contributed by atoms with Crippen LogP contribution in [-0.4, -0.2) is 132 Å². The quantitative estimate of drug-likeness (QED) is 0.157. The maximum Gasteiger partial charge on any atom is 0.303 e. The summed E-state index contributed by atoms with van der Waals surface area (Å²) in [7, 11) is 0. The van der Waals surface area contributed by atoms with Crippen molar-refractivity contribution < 1.29 is 86.7 Å². The number of hydrogen-bond acceptors (Lipinski definition) is 18. The van der Waals surface area contributed by atoms with Crippen LogP contribution in [0.15, 0.2) is 0 Å². The van der Waals surface area contributed by atoms with Gasteiger partial charge in [0.15, 0.2) is 43.1 Å². The van der Waals surface area contributed by atoms with Crippen LogP contribution in [0.1, 0.15) is 41.5 Å². The molecule has 0 aromatic carbocycles. The number of aliphatic hydroxyl groups excluding tert-OH is 3. The fourth-order valence-corrected chi connectivity index (χ4v) is 4.52. The van der Waals surface area contributed by atoms with Crippen LogP contribution < -0.4 is 0 Å². The van der Waals surface area contributed by atoms with E-state index in [-0.39, 0.29) is 0 Å². The zero-order chi connectivity index (χ0) is 32.6. The minimum Gasteiger partial charge on any atom is -0.463 e. The summed E-state index contributed by atoms with van der Waals surface area (Å²) in [6.07, 6.45) is -18.8. The van der Waals surface area contributed by atoms with Crippen LogP contribution in [0.4, 0.5) is 0 Å². The summed E-state index contributed by atoms with van der Waals surface area (Å²) in [5.74, 6) is -5.44. The second kappa shape index (κ2) is 15.9. The SMILES string of the molecule is CC(=O)OC[C@H]1O[C@H](O)[C@H](OC(C)=O)[C@@H](OC(C)=O)[C@H]1O[C@@H]1O[C@H]([C@@H](O)CO)[C@H](OC(C)=O)[C@H](OC(C)=O)[C@H]1OC(C)=O. The number of carbonyl (C=O) groups excluding carboxylic acids is 6. The van der Waals surface area contributed by atoms with Crippen molar-refractivity contribution in [1.82, 2.24) is 0 Å². The van der Waals surface area contributed by atoms with E-state index in [2.05, 4.69) is 0 Å². The molecule has 0 aromatic heterocycles. The highest BCUT2D eigenvalue weighted by Gasteiger charge is 2.58. The third kappa shape index (κ3) is 10.1. The van der Waals surface area contributed by atoms with Gasteiger partial charge in [-0.25, -0.2) is 0 Å². The van der Waals surface area contributed by atoms with E-state index in [1.54, 1.807) is 0 Å². The Bertz CT molecular complexity index is 1030. The van der Waals surface area contributed by atoms with Gasteiger partial charge in [0.2, 0.25) is 0 Å². The maximum absolute atomic E-state index is 12.1. The van der Waals surface area contributed by atoms with Gasteiger partial charge in [-0.3, -0.25) is 28.8 Å². The minimum atomic E-state index is -1.92. The monoisotopic (exact) mass is 624 g/mol. The van der Waals surface area contributed by atoms with E-state index in [0.717, 1.165) is 41.5 Å². The van der Waals surface area contributed by atoms with Crippen molar-refractivity contribution in [2.75, 3.05) is 13.2 Å². The Morgan fingerprint density at radius 1 is 0.628 bits per heavy atom. The molecule has 18 nitrogen and oxygen atoms in total. The second-order valence-electron chi connectivity index (χ2n) is 9.56. The Balaban J connectivity index is 2.67. The van der Waals surface area contributed by atoms with Crippen molar-refractivity contribution in [2.45, 2.75) is 109 Å². The number of hydrogen-bond donors (Lipinski definition) is 3. The van der Waals surface area contributed by atoms with Crippen LogP contribution >= 0.6 is 0 Å². The Kier molecular flexibility index (Phi) is 13.2. The lowest BCUT2D eigenvalue weighted by atomic mass is 9.93. The first-order valence-corrected chi connectivity index (χ1v) is 13.0. The van der Waals surface area contributed by atoms with E-state index in [9.17, 15) is 44.1 Å². The molecule has 43 heavy (non-hydrogen) atoms. The van der Waals surface area contributed by atoms with Crippen LogP contribution in [0.2, 0.25) is 0 Å². The highest BCUT2D eigenvalue weighted by molar-refractivity contribution is 5.69. The van der Waals surface area contributed by atoms with E-state index < -0.39 is 117 Å². The largest absolute Gasteiger partial charge is 0.463 e. The number of esters is 6. The molecule has 244 valence electrons. The van der Waals surface area contributed by atoms with Crippen LogP contribution in [0.5, 0.6) is 0 Å². The molecule has 2 saturated heterocycles. The van der Waals surface area contributed by atoms with Crippen LogP contribution in [0.3, 0.4) is 0 Å². The second-order valence-corrected chi connectivity index (χ2v) is 9.56. The normalized spacial score (nSPS) is 32.9. The predicted molar refractivity (Wildman–Crippen MR) is 132 cm³/mol. The molecule has 0 radical (unpaired) electrons. The van der Waals surface area contributed by atoms with Crippen molar-refractivity contribution in [3.63, 3.8) is 0 Å². The highest BCUT2D eigenvalue weighted by atomic mass is 16.8. The van der Waals surface area contributed by atoms with Crippen molar-refractivity contribution in [1.29, 1.82) is 0 Å². The molecule has 2 fully saturated rings. The molecule has 0 aromatic rings. The standard InChI is InChI=1S/C25H36O18/c1-9(27)35-8-16-18(20(37-11(3)29)22(24(34)41-16)39-13(5)31)43-25-23(40-14(6)32)21(38-12(4)30)19(36-10(2)28)17(42-25)15(33)7-26/h15-26,33-34H,7-8H2,1-6H3/t15-,16+,17+,18-,19-,20-,21-,22+,23+,24-,25-/m0/s1. The lowest BCUT2D eigenvalue weighted by Crippen LogP contribution is -2.68. The van der Waals surface area contributed by atoms with Gasteiger partial charge in [-0.15, -0.1) is 0 Å². The summed E-state index contributed by atoms with van der Waals surface area (Å²) >= 11 is 0. The van der Waals surface area contributed by atoms with Gasteiger partial charge >= 0.3 is 35.8 Å². The first kappa shape index (κ1) is 35.8. The third-order valence-electron chi connectivity index (χ3n) is 5.96. The van der Waals surface area contributed by atoms with Gasteiger partial charge in [0.05, 0.1) is 6.61 Å². The summed E-state index contributed by atoms with van der Waals surface area (Å²) in [6.45, 7) is 4.48. The number of rotatable bonds is 11. The molecule has 11 atom stereocenters. The van der Waals surface area contributed by atoms with Crippen LogP contribution in [-0.2, 0) is 71.4 Å². The number of carbonyl (C=O) groups is 6. The molecule has 0 bridgehead atoms. The van der Waals surface area contributed by atoms with Crippen LogP contribution in [0, 0.1) is 0 Å². The van der Waals surface area contributed by atoms with Gasteiger partial charge in [0.1, 0.15) is 31.0 Å². The third-order valence-corrected chi connectivity index (χ3v) is 5.96. The van der Waals surface area contributed by atoms with E-state index >= 15 is 0 Å². The molecule has 0 saturated carbocycles. The van der Waals surface area contributed by atoms with Gasteiger partial charge in [-0.2, -0.15) is 0 Å². The zero-order valence-corrected chi connectivity index (χ0v) is 24.2. The van der Waals surface area contributed by atoms with Gasteiger partial charge in [-0.1, -0.05) is 0 Å². The fourth-order valence-electron chi connectivity index (χ4n) is 4.52. The van der Waals surface area contributed by atoms with Gasteiger partial charge in [0.25, 0.3) is 0 Å². The van der Waals surface area contributed by atoms with Crippen molar-refractivity contribution in [2.24, 2.45) is 0 Å². The van der Waals surface area contributed by atoms with E-state index in [0.29, 0.717) is 0 Å². The fraction of sp³-hybridized carbons (Fsp3) is 0.760. The molecule has 0 spiro atoms. The maximum atomic E-state index is 12.1. The molecule has 0 amide bonds. The first-order valence-electron chi connectivity index (χ1n) is 13.0. The Hall–Kier alpha value is -3.42. The smallest absolute Gasteiger partial charge is 0.303 e. The lowest BCUT2D eigenvalue weighted by Gasteiger charge is -2.48. The average molecular weight is 625 g/mol. The number of aliphatic hydroxyl groups is 3. The molecular formula is C25H36O18. The van der Waals surface area contributed by atoms with Crippen LogP contribution in [0.25, 0.3) is 0 Å². The molecular weight excluding hydrogens is 588 g/mol. The van der Waals surface area contributed by atoms with Gasteiger partial charge < -0.3 is 58.0 Å². The summed E-state index contributed by atoms with van der Waals surface area (Å²) in [5, 5.41) is 30.8. The van der Waals surface area contributed by atoms with Crippen molar-refractivity contribution in [3.8, 4) is 0 Å². The van der Waals surface area contributed by atoms with E-state index in [1.165, 1.54) is 0 Å². The summed E-state index contributed by atoms with van der Waals surface area (Å²) in [4.78, 5) is 71.6. The Morgan fingerprint density at radius 3 is 1.53 bits per heavy atom. The van der Waals surface area contributed by atoms with E-state index in [4.69, 9.17) is 42.6 Å². The van der Waals surface area contributed by atoms with Gasteiger partial charge in [-0.05, 0) is 0 Å². The van der Waals surface area contributed by atoms with Crippen molar-refractivity contribution >= 4 is 35.8 Å². The Labute approximate surface area is 245 Å². The summed E-state index contributed by atoms with van der Waals surface area (Å²) in [5.41, 5.74) is 0. The topological polar surface area (TPSA) is 246 Å². The predicted octanol–water partition coefficient (Wildman–Crippen LogP) is -2.61. The van der Waals surface area contributed by atoms with Crippen molar-refractivity contribution in [3.05, 3.63) is 0 Å². The first-order chi connectivity index (χ1) is 20.0. The molecule has 0 unspecified atom stereocenters. The molecule has 2 heterocycles. The lowest BCUT2D eigenvalue weighted by molar-refractivity contribution is -0.361. The number of ether oxygens (including phenoxy) is 9. The molecule has 2 rings (SSSR count). The Morgan fingerprint density at radius 2 is 1.07 bits per heavy atom. The van der Waals surface area contributed by atoms with E-state index in [1.807, 2.05) is 0 Å². The molecule has 2 aliphatic rings.